The van der Waals surface area contributed by atoms with Crippen molar-refractivity contribution in [2.24, 2.45) is 0 Å². The number of aryl methyl sites for hydroxylation is 2. The average molecular weight is 374 g/mol. The summed E-state index contributed by atoms with van der Waals surface area (Å²) in [6.45, 7) is 4.08. The second kappa shape index (κ2) is 8.48. The zero-order chi connectivity index (χ0) is 20.1. The molecule has 0 aliphatic rings. The zero-order valence-corrected chi connectivity index (χ0v) is 15.9. The van der Waals surface area contributed by atoms with E-state index in [9.17, 15) is 14.9 Å². The molecule has 142 valence electrons. The van der Waals surface area contributed by atoms with Crippen molar-refractivity contribution >= 4 is 11.6 Å². The number of nitrogens with one attached hydrogen (secondary N) is 1. The zero-order valence-electron chi connectivity index (χ0n) is 15.9. The lowest BCUT2D eigenvalue weighted by Crippen LogP contribution is -2.30. The predicted octanol–water partition coefficient (Wildman–Crippen LogP) is 4.66. The fourth-order valence-electron chi connectivity index (χ4n) is 3.17. The van der Waals surface area contributed by atoms with Gasteiger partial charge in [-0.3, -0.25) is 14.9 Å². The van der Waals surface area contributed by atoms with Gasteiger partial charge in [0.1, 0.15) is 0 Å². The molecule has 5 nitrogen and oxygen atoms in total. The average Bonchev–Trinajstić information content (AvgIpc) is 2.69. The Hall–Kier alpha value is -3.47. The van der Waals surface area contributed by atoms with Crippen molar-refractivity contribution in [2.45, 2.75) is 26.3 Å². The number of carbonyl (C=O) groups is 1. The summed E-state index contributed by atoms with van der Waals surface area (Å²) in [5.41, 5.74) is 4.62. The third-order valence-electron chi connectivity index (χ3n) is 4.84. The van der Waals surface area contributed by atoms with Gasteiger partial charge in [0.05, 0.1) is 17.4 Å². The third kappa shape index (κ3) is 4.43. The highest BCUT2D eigenvalue weighted by Gasteiger charge is 2.20. The molecule has 1 N–H and O–H groups in total. The van der Waals surface area contributed by atoms with E-state index >= 15 is 0 Å². The molecular formula is C23H22N2O3. The highest BCUT2D eigenvalue weighted by Crippen LogP contribution is 2.25. The lowest BCUT2D eigenvalue weighted by molar-refractivity contribution is -0.385. The van der Waals surface area contributed by atoms with Crippen LogP contribution in [-0.4, -0.2) is 10.8 Å². The van der Waals surface area contributed by atoms with Crippen molar-refractivity contribution in [3.8, 4) is 0 Å². The highest BCUT2D eigenvalue weighted by molar-refractivity contribution is 5.80. The van der Waals surface area contributed by atoms with Crippen molar-refractivity contribution in [1.29, 1.82) is 0 Å². The third-order valence-corrected chi connectivity index (χ3v) is 4.84. The maximum Gasteiger partial charge on any atom is 0.273 e. The van der Waals surface area contributed by atoms with Crippen molar-refractivity contribution in [3.05, 3.63) is 111 Å². The summed E-state index contributed by atoms with van der Waals surface area (Å²) < 4.78 is 0. The number of rotatable bonds is 6. The monoisotopic (exact) mass is 374 g/mol. The minimum Gasteiger partial charge on any atom is -0.345 e. The largest absolute Gasteiger partial charge is 0.345 e. The molecule has 0 bridgehead atoms. The second-order valence-corrected chi connectivity index (χ2v) is 6.82. The first kappa shape index (κ1) is 19.3. The lowest BCUT2D eigenvalue weighted by atomic mass is 9.95. The van der Waals surface area contributed by atoms with Crippen LogP contribution in [-0.2, 0) is 11.2 Å². The van der Waals surface area contributed by atoms with Gasteiger partial charge in [-0.05, 0) is 36.1 Å². The molecular weight excluding hydrogens is 352 g/mol. The molecule has 0 aliphatic heterocycles. The highest BCUT2D eigenvalue weighted by atomic mass is 16.6. The number of hydrogen-bond donors (Lipinski definition) is 1. The van der Waals surface area contributed by atoms with Crippen LogP contribution in [0.2, 0.25) is 0 Å². The number of carbonyl (C=O) groups excluding carboxylic acids is 1. The van der Waals surface area contributed by atoms with Crippen LogP contribution in [0.15, 0.2) is 72.8 Å². The van der Waals surface area contributed by atoms with E-state index in [1.807, 2.05) is 56.3 Å². The van der Waals surface area contributed by atoms with E-state index in [0.717, 1.165) is 16.7 Å². The first-order valence-electron chi connectivity index (χ1n) is 9.09. The van der Waals surface area contributed by atoms with Crippen LogP contribution < -0.4 is 5.32 Å². The molecule has 3 aromatic rings. The number of benzene rings is 3. The van der Waals surface area contributed by atoms with Crippen molar-refractivity contribution in [1.82, 2.24) is 5.32 Å². The van der Waals surface area contributed by atoms with Gasteiger partial charge in [-0.1, -0.05) is 66.7 Å². The molecule has 5 heteroatoms. The Morgan fingerprint density at radius 3 is 2.29 bits per heavy atom. The summed E-state index contributed by atoms with van der Waals surface area (Å²) in [5, 5.41) is 14.3. The fourth-order valence-corrected chi connectivity index (χ4v) is 3.17. The van der Waals surface area contributed by atoms with Crippen molar-refractivity contribution < 1.29 is 9.72 Å². The van der Waals surface area contributed by atoms with Crippen LogP contribution in [0.3, 0.4) is 0 Å². The molecule has 0 spiro atoms. The Balaban J connectivity index is 1.89. The summed E-state index contributed by atoms with van der Waals surface area (Å²) >= 11 is 0. The van der Waals surface area contributed by atoms with E-state index in [4.69, 9.17) is 0 Å². The summed E-state index contributed by atoms with van der Waals surface area (Å²) in [7, 11) is 0. The topological polar surface area (TPSA) is 72.2 Å². The van der Waals surface area contributed by atoms with Gasteiger partial charge in [0.25, 0.3) is 5.69 Å². The number of amides is 1. The van der Waals surface area contributed by atoms with E-state index in [1.54, 1.807) is 18.2 Å². The van der Waals surface area contributed by atoms with Gasteiger partial charge in [-0.15, -0.1) is 0 Å². The molecule has 28 heavy (non-hydrogen) atoms. The minimum atomic E-state index is -0.458. The van der Waals surface area contributed by atoms with E-state index in [0.29, 0.717) is 5.56 Å². The molecule has 1 unspecified atom stereocenters. The lowest BCUT2D eigenvalue weighted by Gasteiger charge is -2.21. The summed E-state index contributed by atoms with van der Waals surface area (Å²) in [6.07, 6.45) is -0.0503. The Bertz CT molecular complexity index is 1000. The predicted molar refractivity (Wildman–Crippen MR) is 109 cm³/mol. The first-order chi connectivity index (χ1) is 13.5. The minimum absolute atomic E-state index is 0.0416. The Morgan fingerprint density at radius 2 is 1.61 bits per heavy atom. The number of nitrogens with zero attached hydrogens (tertiary/aromatic N) is 1. The van der Waals surface area contributed by atoms with Gasteiger partial charge in [-0.2, -0.15) is 0 Å². The molecule has 0 saturated heterocycles. The number of hydrogen-bond acceptors (Lipinski definition) is 3. The van der Waals surface area contributed by atoms with Gasteiger partial charge in [0.15, 0.2) is 0 Å². The maximum atomic E-state index is 12.8. The molecule has 0 fully saturated rings. The van der Waals surface area contributed by atoms with Gasteiger partial charge in [-0.25, -0.2) is 0 Å². The quantitative estimate of drug-likeness (QED) is 0.504. The molecule has 3 rings (SSSR count). The summed E-state index contributed by atoms with van der Waals surface area (Å²) in [6, 6.07) is 21.8. The van der Waals surface area contributed by atoms with Gasteiger partial charge in [0, 0.05) is 11.6 Å². The molecule has 0 radical (unpaired) electrons. The molecule has 0 heterocycles. The SMILES string of the molecule is Cc1ccc(C(NC(=O)Cc2ccccc2[N+](=O)[O-])c2ccccc2)cc1C. The molecule has 0 saturated carbocycles. The maximum absolute atomic E-state index is 12.8. The van der Waals surface area contributed by atoms with Crippen LogP contribution in [0.5, 0.6) is 0 Å². The standard InChI is InChI=1S/C23H22N2O3/c1-16-12-13-20(14-17(16)2)23(18-8-4-3-5-9-18)24-22(26)15-19-10-6-7-11-21(19)25(27)28/h3-14,23H,15H2,1-2H3,(H,24,26). The molecule has 1 atom stereocenters. The number of para-hydroxylation sites is 1. The smallest absolute Gasteiger partial charge is 0.273 e. The van der Waals surface area contributed by atoms with E-state index in [1.165, 1.54) is 11.6 Å². The van der Waals surface area contributed by atoms with Gasteiger partial charge >= 0.3 is 0 Å². The fraction of sp³-hybridized carbons (Fsp3) is 0.174. The van der Waals surface area contributed by atoms with Gasteiger partial charge < -0.3 is 5.32 Å². The molecule has 1 amide bonds. The second-order valence-electron chi connectivity index (χ2n) is 6.82. The number of nitro benzene ring substituents is 1. The molecule has 0 aliphatic carbocycles. The Kier molecular flexibility index (Phi) is 5.84. The first-order valence-corrected chi connectivity index (χ1v) is 9.09. The van der Waals surface area contributed by atoms with Crippen LogP contribution >= 0.6 is 0 Å². The van der Waals surface area contributed by atoms with Crippen molar-refractivity contribution in [3.63, 3.8) is 0 Å². The van der Waals surface area contributed by atoms with Crippen LogP contribution in [0.1, 0.15) is 33.9 Å². The van der Waals surface area contributed by atoms with Crippen molar-refractivity contribution in [2.75, 3.05) is 0 Å². The number of nitro groups is 1. The van der Waals surface area contributed by atoms with E-state index in [-0.39, 0.29) is 24.1 Å². The Labute approximate surface area is 164 Å². The summed E-state index contributed by atoms with van der Waals surface area (Å²) in [4.78, 5) is 23.5. The van der Waals surface area contributed by atoms with E-state index < -0.39 is 4.92 Å². The summed E-state index contributed by atoms with van der Waals surface area (Å²) in [5.74, 6) is -0.263. The van der Waals surface area contributed by atoms with Gasteiger partial charge in [0.2, 0.25) is 5.91 Å². The van der Waals surface area contributed by atoms with E-state index in [2.05, 4.69) is 11.4 Å². The van der Waals surface area contributed by atoms with Crippen LogP contribution in [0.25, 0.3) is 0 Å². The Morgan fingerprint density at radius 1 is 0.929 bits per heavy atom. The van der Waals surface area contributed by atoms with Crippen LogP contribution in [0.4, 0.5) is 5.69 Å². The molecule has 0 aromatic heterocycles. The molecule has 3 aromatic carbocycles. The van der Waals surface area contributed by atoms with Crippen LogP contribution in [0, 0.1) is 24.0 Å². The normalized spacial score (nSPS) is 11.6.